The van der Waals surface area contributed by atoms with Gasteiger partial charge in [0.2, 0.25) is 0 Å². The number of ether oxygens (including phenoxy) is 1. The number of methoxy groups -OCH3 is 1. The van der Waals surface area contributed by atoms with Crippen LogP contribution in [0.2, 0.25) is 0 Å². The lowest BCUT2D eigenvalue weighted by molar-refractivity contribution is 0.0461. The molecular weight excluding hydrogens is 140 g/mol. The van der Waals surface area contributed by atoms with E-state index in [1.54, 1.807) is 13.2 Å². The zero-order valence-electron chi connectivity index (χ0n) is 7.79. The molecule has 0 rings (SSSR count). The number of hydrogen-bond acceptors (Lipinski definition) is 2. The Balaban J connectivity index is 4.08. The molecule has 0 aliphatic heterocycles. The van der Waals surface area contributed by atoms with E-state index in [1.165, 1.54) is 0 Å². The molecule has 2 nitrogen and oxygen atoms in total. The van der Waals surface area contributed by atoms with Crippen LogP contribution >= 0.6 is 0 Å². The van der Waals surface area contributed by atoms with Gasteiger partial charge < -0.3 is 9.84 Å². The molecule has 0 heterocycles. The van der Waals surface area contributed by atoms with Crippen LogP contribution in [0.3, 0.4) is 0 Å². The van der Waals surface area contributed by atoms with Crippen LogP contribution < -0.4 is 0 Å². The van der Waals surface area contributed by atoms with Crippen molar-refractivity contribution in [2.24, 2.45) is 5.41 Å². The first-order valence-electron chi connectivity index (χ1n) is 3.86. The molecule has 0 saturated heterocycles. The van der Waals surface area contributed by atoms with Gasteiger partial charge in [0.25, 0.3) is 0 Å². The predicted octanol–water partition coefficient (Wildman–Crippen LogP) is 1.60. The normalized spacial score (nSPS) is 15.7. The summed E-state index contributed by atoms with van der Waals surface area (Å²) in [5, 5.41) is 8.56. The summed E-state index contributed by atoms with van der Waals surface area (Å²) < 4.78 is 5.18. The minimum atomic E-state index is -0.00250. The molecular formula is C9H18O2. The molecule has 0 saturated carbocycles. The fourth-order valence-electron chi connectivity index (χ4n) is 0.796. The molecule has 0 radical (unpaired) electrons. The molecule has 0 fully saturated rings. The second kappa shape index (κ2) is 4.52. The van der Waals surface area contributed by atoms with Crippen molar-refractivity contribution in [3.8, 4) is 0 Å². The van der Waals surface area contributed by atoms with E-state index in [4.69, 9.17) is 9.84 Å². The zero-order chi connectivity index (χ0) is 8.91. The third-order valence-corrected chi connectivity index (χ3v) is 2.05. The maximum atomic E-state index is 8.56. The molecule has 1 unspecified atom stereocenters. The van der Waals surface area contributed by atoms with Crippen molar-refractivity contribution in [2.75, 3.05) is 13.7 Å². The highest BCUT2D eigenvalue weighted by atomic mass is 16.5. The Morgan fingerprint density at radius 1 is 1.55 bits per heavy atom. The topological polar surface area (TPSA) is 29.5 Å². The quantitative estimate of drug-likeness (QED) is 0.630. The molecule has 0 aromatic heterocycles. The smallest absolute Gasteiger partial charge is 0.0628 e. The lowest BCUT2D eigenvalue weighted by atomic mass is 9.87. The Hall–Kier alpha value is -0.340. The lowest BCUT2D eigenvalue weighted by Crippen LogP contribution is -2.26. The maximum Gasteiger partial charge on any atom is 0.0628 e. The third kappa shape index (κ3) is 3.54. The molecule has 0 bridgehead atoms. The largest absolute Gasteiger partial charge is 0.392 e. The first kappa shape index (κ1) is 10.7. The summed E-state index contributed by atoms with van der Waals surface area (Å²) in [4.78, 5) is 0. The van der Waals surface area contributed by atoms with E-state index in [9.17, 15) is 0 Å². The van der Waals surface area contributed by atoms with Gasteiger partial charge in [-0.15, -0.1) is 0 Å². The summed E-state index contributed by atoms with van der Waals surface area (Å²) in [6, 6.07) is 0. The highest BCUT2D eigenvalue weighted by molar-refractivity contribution is 4.97. The minimum Gasteiger partial charge on any atom is -0.392 e. The van der Waals surface area contributed by atoms with Gasteiger partial charge in [0, 0.05) is 12.5 Å². The monoisotopic (exact) mass is 158 g/mol. The van der Waals surface area contributed by atoms with Crippen molar-refractivity contribution in [2.45, 2.75) is 26.9 Å². The van der Waals surface area contributed by atoms with Crippen LogP contribution in [0, 0.1) is 5.41 Å². The van der Waals surface area contributed by atoms with Crippen molar-refractivity contribution in [3.05, 3.63) is 12.2 Å². The Morgan fingerprint density at radius 2 is 2.09 bits per heavy atom. The molecule has 0 spiro atoms. The van der Waals surface area contributed by atoms with Gasteiger partial charge in [-0.25, -0.2) is 0 Å². The highest BCUT2D eigenvalue weighted by Crippen LogP contribution is 2.23. The molecule has 1 N–H and O–H groups in total. The van der Waals surface area contributed by atoms with Gasteiger partial charge in [-0.3, -0.25) is 0 Å². The molecule has 1 atom stereocenters. The Bertz CT molecular complexity index is 128. The van der Waals surface area contributed by atoms with E-state index < -0.39 is 0 Å². The Labute approximate surface area is 68.9 Å². The first-order valence-corrected chi connectivity index (χ1v) is 3.86. The van der Waals surface area contributed by atoms with Crippen LogP contribution in [0.25, 0.3) is 0 Å². The van der Waals surface area contributed by atoms with E-state index >= 15 is 0 Å². The van der Waals surface area contributed by atoms with Gasteiger partial charge in [-0.2, -0.15) is 0 Å². The van der Waals surface area contributed by atoms with E-state index in [0.29, 0.717) is 0 Å². The fourth-order valence-corrected chi connectivity index (χ4v) is 0.796. The van der Waals surface area contributed by atoms with Gasteiger partial charge in [0.15, 0.2) is 0 Å². The van der Waals surface area contributed by atoms with Crippen molar-refractivity contribution >= 4 is 0 Å². The number of aliphatic hydroxyl groups excluding tert-OH is 1. The average molecular weight is 158 g/mol. The van der Waals surface area contributed by atoms with Crippen LogP contribution in [0.15, 0.2) is 12.2 Å². The van der Waals surface area contributed by atoms with Crippen LogP contribution in [0.1, 0.15) is 20.8 Å². The second-order valence-corrected chi connectivity index (χ2v) is 3.28. The molecule has 0 amide bonds. The first-order chi connectivity index (χ1) is 5.04. The standard InChI is InChI=1S/C9H18O2/c1-8(11-4)9(2,3)6-5-7-10/h5-6,8,10H,7H2,1-4H3/b6-5+. The van der Waals surface area contributed by atoms with E-state index in [-0.39, 0.29) is 18.1 Å². The van der Waals surface area contributed by atoms with Crippen molar-refractivity contribution < 1.29 is 9.84 Å². The van der Waals surface area contributed by atoms with E-state index in [0.717, 1.165) is 0 Å². The summed E-state index contributed by atoms with van der Waals surface area (Å²) in [5.74, 6) is 0. The zero-order valence-corrected chi connectivity index (χ0v) is 7.79. The molecule has 2 heteroatoms. The summed E-state index contributed by atoms with van der Waals surface area (Å²) in [6.07, 6.45) is 3.89. The molecule has 0 aliphatic carbocycles. The molecule has 66 valence electrons. The molecule has 0 aromatic carbocycles. The van der Waals surface area contributed by atoms with Crippen molar-refractivity contribution in [1.29, 1.82) is 0 Å². The van der Waals surface area contributed by atoms with Crippen LogP contribution in [0.4, 0.5) is 0 Å². The van der Waals surface area contributed by atoms with Gasteiger partial charge in [0.1, 0.15) is 0 Å². The Morgan fingerprint density at radius 3 is 2.45 bits per heavy atom. The summed E-state index contributed by atoms with van der Waals surface area (Å²) in [7, 11) is 1.69. The van der Waals surface area contributed by atoms with Crippen molar-refractivity contribution in [3.63, 3.8) is 0 Å². The summed E-state index contributed by atoms with van der Waals surface area (Å²) in [6.45, 7) is 6.27. The van der Waals surface area contributed by atoms with Gasteiger partial charge in [-0.05, 0) is 6.92 Å². The van der Waals surface area contributed by atoms with Crippen LogP contribution in [-0.2, 0) is 4.74 Å². The third-order valence-electron chi connectivity index (χ3n) is 2.05. The minimum absolute atomic E-state index is 0.00250. The lowest BCUT2D eigenvalue weighted by Gasteiger charge is -2.26. The highest BCUT2D eigenvalue weighted by Gasteiger charge is 2.21. The predicted molar refractivity (Wildman–Crippen MR) is 46.5 cm³/mol. The van der Waals surface area contributed by atoms with Crippen LogP contribution in [-0.4, -0.2) is 24.9 Å². The van der Waals surface area contributed by atoms with Gasteiger partial charge in [0.05, 0.1) is 12.7 Å². The number of hydrogen-bond donors (Lipinski definition) is 1. The SMILES string of the molecule is COC(C)C(C)(C)/C=C/CO. The number of rotatable bonds is 4. The van der Waals surface area contributed by atoms with Gasteiger partial charge in [-0.1, -0.05) is 26.0 Å². The fraction of sp³-hybridized carbons (Fsp3) is 0.778. The average Bonchev–Trinajstić information content (AvgIpc) is 1.99. The number of aliphatic hydroxyl groups is 1. The second-order valence-electron chi connectivity index (χ2n) is 3.28. The van der Waals surface area contributed by atoms with E-state index in [1.807, 2.05) is 13.0 Å². The molecule has 0 aliphatic rings. The Kier molecular flexibility index (Phi) is 4.38. The molecule has 0 aromatic rings. The van der Waals surface area contributed by atoms with Gasteiger partial charge >= 0.3 is 0 Å². The maximum absolute atomic E-state index is 8.56. The summed E-state index contributed by atoms with van der Waals surface area (Å²) >= 11 is 0. The molecule has 11 heavy (non-hydrogen) atoms. The van der Waals surface area contributed by atoms with E-state index in [2.05, 4.69) is 13.8 Å². The van der Waals surface area contributed by atoms with Crippen LogP contribution in [0.5, 0.6) is 0 Å². The summed E-state index contributed by atoms with van der Waals surface area (Å²) in [5.41, 5.74) is -0.00250. The van der Waals surface area contributed by atoms with Crippen molar-refractivity contribution in [1.82, 2.24) is 0 Å².